The number of unbranched alkanes of at least 4 members (excludes halogenated alkanes) is 4. The van der Waals surface area contributed by atoms with Gasteiger partial charge >= 0.3 is 0 Å². The van der Waals surface area contributed by atoms with E-state index in [0.717, 1.165) is 18.9 Å². The van der Waals surface area contributed by atoms with Crippen LogP contribution in [0.15, 0.2) is 0 Å². The van der Waals surface area contributed by atoms with Crippen molar-refractivity contribution in [1.29, 1.82) is 0 Å². The molecular formula is C13H28N2O. The number of hydrogen-bond acceptors (Lipinski definition) is 2. The van der Waals surface area contributed by atoms with E-state index in [-0.39, 0.29) is 5.91 Å². The summed E-state index contributed by atoms with van der Waals surface area (Å²) in [6.07, 6.45) is 7.68. The zero-order chi connectivity index (χ0) is 12.2. The number of hydrogen-bond donors (Lipinski definition) is 2. The molecule has 0 aromatic rings. The van der Waals surface area contributed by atoms with Crippen molar-refractivity contribution in [3.8, 4) is 0 Å². The molecule has 0 saturated heterocycles. The van der Waals surface area contributed by atoms with Crippen molar-refractivity contribution in [2.45, 2.75) is 52.4 Å². The number of nitrogens with one attached hydrogen (secondary N) is 2. The monoisotopic (exact) mass is 228 g/mol. The lowest BCUT2D eigenvalue weighted by atomic mass is 10.0. The maximum Gasteiger partial charge on any atom is 0.233 e. The molecule has 0 aromatic heterocycles. The standard InChI is InChI=1S/C13H28N2O/c1-12(2)9-7-5-4-6-8-10-15-13(16)11-14-3/h12,14H,4-11H2,1-3H3,(H,15,16). The van der Waals surface area contributed by atoms with Gasteiger partial charge in [0.05, 0.1) is 6.54 Å². The van der Waals surface area contributed by atoms with Crippen molar-refractivity contribution in [3.05, 3.63) is 0 Å². The van der Waals surface area contributed by atoms with Gasteiger partial charge in [-0.05, 0) is 19.4 Å². The Kier molecular flexibility index (Phi) is 10.5. The molecule has 0 aliphatic rings. The Bertz CT molecular complexity index is 169. The van der Waals surface area contributed by atoms with Crippen LogP contribution in [0, 0.1) is 5.92 Å². The number of rotatable bonds is 10. The van der Waals surface area contributed by atoms with Gasteiger partial charge in [-0.1, -0.05) is 46.0 Å². The van der Waals surface area contributed by atoms with Crippen LogP contribution in [0.2, 0.25) is 0 Å². The molecule has 0 aromatic carbocycles. The molecule has 0 atom stereocenters. The van der Waals surface area contributed by atoms with Crippen LogP contribution in [0.5, 0.6) is 0 Å². The van der Waals surface area contributed by atoms with Crippen molar-refractivity contribution in [2.24, 2.45) is 5.92 Å². The zero-order valence-corrected chi connectivity index (χ0v) is 11.1. The van der Waals surface area contributed by atoms with Gasteiger partial charge in [-0.2, -0.15) is 0 Å². The van der Waals surface area contributed by atoms with Crippen molar-refractivity contribution < 1.29 is 4.79 Å². The second kappa shape index (κ2) is 10.9. The number of carbonyl (C=O) groups excluding carboxylic acids is 1. The smallest absolute Gasteiger partial charge is 0.233 e. The third kappa shape index (κ3) is 11.5. The molecule has 96 valence electrons. The highest BCUT2D eigenvalue weighted by Crippen LogP contribution is 2.09. The topological polar surface area (TPSA) is 41.1 Å². The van der Waals surface area contributed by atoms with Gasteiger partial charge < -0.3 is 10.6 Å². The van der Waals surface area contributed by atoms with Crippen molar-refractivity contribution >= 4 is 5.91 Å². The van der Waals surface area contributed by atoms with E-state index in [0.29, 0.717) is 6.54 Å². The quantitative estimate of drug-likeness (QED) is 0.563. The summed E-state index contributed by atoms with van der Waals surface area (Å²) in [4.78, 5) is 11.1. The molecule has 16 heavy (non-hydrogen) atoms. The van der Waals surface area contributed by atoms with Crippen LogP contribution in [-0.2, 0) is 4.79 Å². The summed E-state index contributed by atoms with van der Waals surface area (Å²) in [6, 6.07) is 0. The maximum atomic E-state index is 11.1. The average Bonchev–Trinajstić information content (AvgIpc) is 2.22. The summed E-state index contributed by atoms with van der Waals surface area (Å²) in [7, 11) is 1.79. The Hall–Kier alpha value is -0.570. The SMILES string of the molecule is CNCC(=O)NCCCCCCCC(C)C. The van der Waals surface area contributed by atoms with Crippen LogP contribution in [0.25, 0.3) is 0 Å². The summed E-state index contributed by atoms with van der Waals surface area (Å²) in [6.45, 7) is 5.80. The predicted octanol–water partition coefficient (Wildman–Crippen LogP) is 2.32. The van der Waals surface area contributed by atoms with Crippen LogP contribution < -0.4 is 10.6 Å². The van der Waals surface area contributed by atoms with Crippen LogP contribution >= 0.6 is 0 Å². The van der Waals surface area contributed by atoms with Gasteiger partial charge in [-0.3, -0.25) is 4.79 Å². The number of carbonyl (C=O) groups is 1. The molecule has 0 saturated carbocycles. The van der Waals surface area contributed by atoms with Crippen LogP contribution in [0.4, 0.5) is 0 Å². The molecule has 0 aliphatic carbocycles. The molecular weight excluding hydrogens is 200 g/mol. The summed E-state index contributed by atoms with van der Waals surface area (Å²) in [5.74, 6) is 0.933. The Morgan fingerprint density at radius 3 is 2.31 bits per heavy atom. The minimum absolute atomic E-state index is 0.0994. The van der Waals surface area contributed by atoms with Crippen molar-refractivity contribution in [3.63, 3.8) is 0 Å². The predicted molar refractivity (Wildman–Crippen MR) is 69.5 cm³/mol. The second-order valence-electron chi connectivity index (χ2n) is 4.83. The van der Waals surface area contributed by atoms with E-state index >= 15 is 0 Å². The first kappa shape index (κ1) is 15.4. The summed E-state index contributed by atoms with van der Waals surface area (Å²) in [5.41, 5.74) is 0. The molecule has 0 spiro atoms. The van der Waals surface area contributed by atoms with Crippen LogP contribution in [-0.4, -0.2) is 26.0 Å². The molecule has 0 aliphatic heterocycles. The maximum absolute atomic E-state index is 11.1. The molecule has 0 unspecified atom stereocenters. The van der Waals surface area contributed by atoms with E-state index in [1.165, 1.54) is 32.1 Å². The first-order chi connectivity index (χ1) is 7.66. The summed E-state index contributed by atoms with van der Waals surface area (Å²) >= 11 is 0. The molecule has 1 amide bonds. The lowest BCUT2D eigenvalue weighted by molar-refractivity contribution is -0.120. The number of amides is 1. The van der Waals surface area contributed by atoms with Crippen molar-refractivity contribution in [2.75, 3.05) is 20.1 Å². The first-order valence-corrected chi connectivity index (χ1v) is 6.58. The normalized spacial score (nSPS) is 10.8. The molecule has 2 N–H and O–H groups in total. The molecule has 0 rings (SSSR count). The average molecular weight is 228 g/mol. The fourth-order valence-electron chi connectivity index (χ4n) is 1.66. The fraction of sp³-hybridized carbons (Fsp3) is 0.923. The molecule has 0 heterocycles. The highest BCUT2D eigenvalue weighted by Gasteiger charge is 1.97. The Morgan fingerprint density at radius 1 is 1.06 bits per heavy atom. The van der Waals surface area contributed by atoms with Gasteiger partial charge in [0.2, 0.25) is 5.91 Å². The fourth-order valence-corrected chi connectivity index (χ4v) is 1.66. The Labute approximate surface area is 100 Å². The minimum atomic E-state index is 0.0994. The highest BCUT2D eigenvalue weighted by molar-refractivity contribution is 5.77. The molecule has 0 radical (unpaired) electrons. The van der Waals surface area contributed by atoms with Gasteiger partial charge in [-0.15, -0.1) is 0 Å². The largest absolute Gasteiger partial charge is 0.355 e. The summed E-state index contributed by atoms with van der Waals surface area (Å²) < 4.78 is 0. The van der Waals surface area contributed by atoms with Gasteiger partial charge in [-0.25, -0.2) is 0 Å². The molecule has 3 heteroatoms. The lowest BCUT2D eigenvalue weighted by Crippen LogP contribution is -2.32. The van der Waals surface area contributed by atoms with Gasteiger partial charge in [0.1, 0.15) is 0 Å². The van der Waals surface area contributed by atoms with Gasteiger partial charge in [0.25, 0.3) is 0 Å². The van der Waals surface area contributed by atoms with Crippen LogP contribution in [0.1, 0.15) is 52.4 Å². The number of likely N-dealkylation sites (N-methyl/N-ethyl adjacent to an activating group) is 1. The van der Waals surface area contributed by atoms with E-state index < -0.39 is 0 Å². The third-order valence-electron chi connectivity index (χ3n) is 2.62. The van der Waals surface area contributed by atoms with Crippen LogP contribution in [0.3, 0.4) is 0 Å². The van der Waals surface area contributed by atoms with E-state index in [1.807, 2.05) is 0 Å². The van der Waals surface area contributed by atoms with Gasteiger partial charge in [0.15, 0.2) is 0 Å². The van der Waals surface area contributed by atoms with Gasteiger partial charge in [0, 0.05) is 6.54 Å². The van der Waals surface area contributed by atoms with E-state index in [4.69, 9.17) is 0 Å². The zero-order valence-electron chi connectivity index (χ0n) is 11.1. The van der Waals surface area contributed by atoms with E-state index in [2.05, 4.69) is 24.5 Å². The molecule has 0 fully saturated rings. The third-order valence-corrected chi connectivity index (χ3v) is 2.62. The lowest BCUT2D eigenvalue weighted by Gasteiger charge is -2.05. The Balaban J connectivity index is 3.07. The minimum Gasteiger partial charge on any atom is -0.355 e. The van der Waals surface area contributed by atoms with E-state index in [1.54, 1.807) is 7.05 Å². The first-order valence-electron chi connectivity index (χ1n) is 6.58. The molecule has 3 nitrogen and oxygen atoms in total. The van der Waals surface area contributed by atoms with Crippen molar-refractivity contribution in [1.82, 2.24) is 10.6 Å². The highest BCUT2D eigenvalue weighted by atomic mass is 16.1. The molecule has 0 bridgehead atoms. The van der Waals surface area contributed by atoms with E-state index in [9.17, 15) is 4.79 Å². The summed E-state index contributed by atoms with van der Waals surface area (Å²) in [5, 5.41) is 5.73. The Morgan fingerprint density at radius 2 is 1.69 bits per heavy atom. The second-order valence-corrected chi connectivity index (χ2v) is 4.83.